The van der Waals surface area contributed by atoms with Gasteiger partial charge in [0.2, 0.25) is 5.88 Å². The Labute approximate surface area is 191 Å². The Morgan fingerprint density at radius 1 is 0.879 bits per heavy atom. The zero-order valence-electron chi connectivity index (χ0n) is 17.6. The zero-order chi connectivity index (χ0) is 22.6. The summed E-state index contributed by atoms with van der Waals surface area (Å²) in [5.41, 5.74) is 4.95. The summed E-state index contributed by atoms with van der Waals surface area (Å²) in [6.45, 7) is 0. The van der Waals surface area contributed by atoms with E-state index in [9.17, 15) is 9.90 Å². The third-order valence-corrected chi connectivity index (χ3v) is 5.18. The molecule has 0 fully saturated rings. The number of hydrogen-bond donors (Lipinski definition) is 1. The van der Waals surface area contributed by atoms with E-state index in [2.05, 4.69) is 16.8 Å². The highest BCUT2D eigenvalue weighted by atomic mass is 16.3. The van der Waals surface area contributed by atoms with Crippen LogP contribution in [0.1, 0.15) is 28.2 Å². The fourth-order valence-electron chi connectivity index (χ4n) is 3.56. The summed E-state index contributed by atoms with van der Waals surface area (Å²) < 4.78 is 1.62. The van der Waals surface area contributed by atoms with Gasteiger partial charge in [0, 0.05) is 18.2 Å². The number of aromatic nitrogens is 3. The van der Waals surface area contributed by atoms with Crippen LogP contribution in [0.3, 0.4) is 0 Å². The van der Waals surface area contributed by atoms with E-state index < -0.39 is 0 Å². The van der Waals surface area contributed by atoms with Gasteiger partial charge in [0.15, 0.2) is 11.4 Å². The predicted molar refractivity (Wildman–Crippen MR) is 128 cm³/mol. The van der Waals surface area contributed by atoms with Crippen molar-refractivity contribution in [3.63, 3.8) is 0 Å². The topological polar surface area (TPSA) is 67.5 Å². The van der Waals surface area contributed by atoms with Crippen molar-refractivity contribution < 1.29 is 9.90 Å². The monoisotopic (exact) mass is 429 g/mol. The number of benzene rings is 2. The molecule has 1 aliphatic carbocycles. The first-order valence-electron chi connectivity index (χ1n) is 10.5. The fourth-order valence-corrected chi connectivity index (χ4v) is 3.56. The number of carbonyl (C=O) groups is 1. The molecule has 4 aromatic rings. The van der Waals surface area contributed by atoms with Crippen LogP contribution in [0.15, 0.2) is 96.7 Å². The van der Waals surface area contributed by atoms with Crippen molar-refractivity contribution in [1.82, 2.24) is 14.4 Å². The molecule has 2 heterocycles. The van der Waals surface area contributed by atoms with Crippen LogP contribution in [-0.2, 0) is 11.2 Å². The molecule has 5 heteroatoms. The Kier molecular flexibility index (Phi) is 5.40. The number of rotatable bonds is 3. The van der Waals surface area contributed by atoms with Gasteiger partial charge in [0.05, 0.1) is 5.69 Å². The smallest absolute Gasteiger partial charge is 0.223 e. The first-order chi connectivity index (χ1) is 16.2. The quantitative estimate of drug-likeness (QED) is 0.487. The van der Waals surface area contributed by atoms with E-state index in [-0.39, 0.29) is 11.7 Å². The molecule has 0 atom stereocenters. The van der Waals surface area contributed by atoms with Crippen LogP contribution in [-0.4, -0.2) is 25.3 Å². The van der Waals surface area contributed by atoms with Gasteiger partial charge >= 0.3 is 0 Å². The van der Waals surface area contributed by atoms with E-state index in [1.165, 1.54) is 12.2 Å². The van der Waals surface area contributed by atoms with Crippen molar-refractivity contribution in [2.75, 3.05) is 0 Å². The van der Waals surface area contributed by atoms with Gasteiger partial charge < -0.3 is 5.11 Å². The second-order valence-corrected chi connectivity index (χ2v) is 7.58. The minimum Gasteiger partial charge on any atom is -0.493 e. The summed E-state index contributed by atoms with van der Waals surface area (Å²) in [5, 5.41) is 10.9. The van der Waals surface area contributed by atoms with Crippen molar-refractivity contribution >= 4 is 17.5 Å². The fraction of sp³-hybridized carbons (Fsp3) is 0.0357. The van der Waals surface area contributed by atoms with Crippen LogP contribution < -0.4 is 0 Å². The molecule has 0 spiro atoms. The number of hydrogen-bond acceptors (Lipinski definition) is 4. The first-order valence-corrected chi connectivity index (χ1v) is 10.5. The summed E-state index contributed by atoms with van der Waals surface area (Å²) in [7, 11) is 0. The molecule has 0 unspecified atom stereocenters. The largest absolute Gasteiger partial charge is 0.493 e. The number of nitrogens with zero attached hydrogens (tertiary/aromatic N) is 3. The molecular weight excluding hydrogens is 410 g/mol. The molecule has 0 amide bonds. The highest BCUT2D eigenvalue weighted by Crippen LogP contribution is 2.26. The van der Waals surface area contributed by atoms with Gasteiger partial charge in [-0.3, -0.25) is 9.20 Å². The molecule has 1 N–H and O–H groups in total. The number of allylic oxidation sites excluding steroid dienone is 5. The Morgan fingerprint density at radius 2 is 1.58 bits per heavy atom. The maximum atomic E-state index is 11.4. The second-order valence-electron chi connectivity index (χ2n) is 7.58. The third kappa shape index (κ3) is 4.51. The molecule has 158 valence electrons. The first kappa shape index (κ1) is 20.2. The highest BCUT2D eigenvalue weighted by Gasteiger charge is 2.16. The van der Waals surface area contributed by atoms with Crippen LogP contribution in [0, 0.1) is 11.8 Å². The molecule has 2 aromatic carbocycles. The molecule has 0 saturated carbocycles. The standard InChI is InChI=1S/C28H19N3O2/c32-24-15-12-22(13-16-24)18-26-28(33)31-19-23(14-11-20-7-3-1-4-8-20)29-25(27(31)30-26)17-21-9-5-2-6-10-21/h1-10,12-13,15-16,18-19,33H,17H2. The average Bonchev–Trinajstić information content (AvgIpc) is 3.16. The summed E-state index contributed by atoms with van der Waals surface area (Å²) in [4.78, 5) is 20.8. The molecule has 0 saturated heterocycles. The van der Waals surface area contributed by atoms with Gasteiger partial charge in [-0.25, -0.2) is 9.97 Å². The van der Waals surface area contributed by atoms with E-state index in [1.807, 2.05) is 60.7 Å². The SMILES string of the molecule is O=C1C=CC(=Cc2nc3c(Cc4ccccc4)nc(C#Cc4ccccc4)cn3c2O)C=C1. The molecule has 0 radical (unpaired) electrons. The molecule has 1 aliphatic rings. The van der Waals surface area contributed by atoms with Crippen molar-refractivity contribution in [1.29, 1.82) is 0 Å². The number of carbonyl (C=O) groups excluding carboxylic acids is 1. The van der Waals surface area contributed by atoms with Crippen LogP contribution in [0.2, 0.25) is 0 Å². The third-order valence-electron chi connectivity index (χ3n) is 5.18. The van der Waals surface area contributed by atoms with E-state index in [4.69, 9.17) is 4.98 Å². The van der Waals surface area contributed by atoms with E-state index in [0.29, 0.717) is 29.1 Å². The highest BCUT2D eigenvalue weighted by molar-refractivity contribution is 6.01. The molecule has 0 bridgehead atoms. The van der Waals surface area contributed by atoms with Gasteiger partial charge in [0.25, 0.3) is 0 Å². The van der Waals surface area contributed by atoms with E-state index in [1.54, 1.807) is 28.8 Å². The number of fused-ring (bicyclic) bond motifs is 1. The van der Waals surface area contributed by atoms with Gasteiger partial charge in [-0.15, -0.1) is 0 Å². The second kappa shape index (κ2) is 8.81. The number of imidazole rings is 1. The Balaban J connectivity index is 1.62. The lowest BCUT2D eigenvalue weighted by Gasteiger charge is -2.05. The minimum absolute atomic E-state index is 0.00401. The molecule has 0 aliphatic heterocycles. The van der Waals surface area contributed by atoms with Crippen molar-refractivity contribution in [2.24, 2.45) is 0 Å². The predicted octanol–water partition coefficient (Wildman–Crippen LogP) is 4.50. The van der Waals surface area contributed by atoms with E-state index in [0.717, 1.165) is 16.7 Å². The normalized spacial score (nSPS) is 12.6. The van der Waals surface area contributed by atoms with Gasteiger partial charge in [-0.05, 0) is 47.4 Å². The lowest BCUT2D eigenvalue weighted by atomic mass is 10.1. The Morgan fingerprint density at radius 3 is 2.30 bits per heavy atom. The molecular formula is C28H19N3O2. The van der Waals surface area contributed by atoms with Gasteiger partial charge in [-0.2, -0.15) is 0 Å². The molecule has 2 aromatic heterocycles. The number of ketones is 1. The Hall–Kier alpha value is -4.69. The van der Waals surface area contributed by atoms with Gasteiger partial charge in [-0.1, -0.05) is 66.6 Å². The maximum Gasteiger partial charge on any atom is 0.223 e. The van der Waals surface area contributed by atoms with Crippen LogP contribution >= 0.6 is 0 Å². The van der Waals surface area contributed by atoms with Crippen LogP contribution in [0.4, 0.5) is 0 Å². The maximum absolute atomic E-state index is 11.4. The summed E-state index contributed by atoms with van der Waals surface area (Å²) in [6, 6.07) is 19.7. The van der Waals surface area contributed by atoms with Crippen molar-refractivity contribution in [3.8, 4) is 17.7 Å². The van der Waals surface area contributed by atoms with Crippen molar-refractivity contribution in [3.05, 3.63) is 125 Å². The lowest BCUT2D eigenvalue weighted by Crippen LogP contribution is -2.01. The molecule has 5 rings (SSSR count). The zero-order valence-corrected chi connectivity index (χ0v) is 17.6. The summed E-state index contributed by atoms with van der Waals surface area (Å²) in [5.74, 6) is 6.16. The van der Waals surface area contributed by atoms with Crippen LogP contribution in [0.5, 0.6) is 5.88 Å². The summed E-state index contributed by atoms with van der Waals surface area (Å²) >= 11 is 0. The van der Waals surface area contributed by atoms with Crippen molar-refractivity contribution in [2.45, 2.75) is 6.42 Å². The molecule has 5 nitrogen and oxygen atoms in total. The van der Waals surface area contributed by atoms with Crippen LogP contribution in [0.25, 0.3) is 11.7 Å². The summed E-state index contributed by atoms with van der Waals surface area (Å²) in [6.07, 6.45) is 10.4. The number of aromatic hydroxyl groups is 1. The van der Waals surface area contributed by atoms with Gasteiger partial charge in [0.1, 0.15) is 11.4 Å². The minimum atomic E-state index is -0.0673. The Bertz CT molecular complexity index is 1480. The van der Waals surface area contributed by atoms with E-state index >= 15 is 0 Å². The molecule has 33 heavy (non-hydrogen) atoms. The lowest BCUT2D eigenvalue weighted by molar-refractivity contribution is -0.110. The average molecular weight is 429 g/mol.